The van der Waals surface area contributed by atoms with Crippen LogP contribution >= 0.6 is 0 Å². The van der Waals surface area contributed by atoms with Crippen LogP contribution in [-0.2, 0) is 4.79 Å². The third-order valence-corrected chi connectivity index (χ3v) is 1.09. The lowest BCUT2D eigenvalue weighted by Gasteiger charge is -2.12. The number of carbonyl (C=O) groups is 1. The SMILES string of the molecule is CCCC(=O)N(O)CCN. The quantitative estimate of drug-likeness (QED) is 0.432. The first-order valence-electron chi connectivity index (χ1n) is 3.41. The van der Waals surface area contributed by atoms with Gasteiger partial charge in [0.1, 0.15) is 0 Å². The van der Waals surface area contributed by atoms with Gasteiger partial charge >= 0.3 is 0 Å². The maximum absolute atomic E-state index is 10.8. The molecule has 0 aliphatic carbocycles. The lowest BCUT2D eigenvalue weighted by Crippen LogP contribution is -2.31. The normalized spacial score (nSPS) is 9.50. The van der Waals surface area contributed by atoms with Crippen LogP contribution in [0.3, 0.4) is 0 Å². The maximum atomic E-state index is 10.8. The van der Waals surface area contributed by atoms with Crippen molar-refractivity contribution in [1.29, 1.82) is 0 Å². The molecule has 0 saturated carbocycles. The van der Waals surface area contributed by atoms with E-state index >= 15 is 0 Å². The van der Waals surface area contributed by atoms with Gasteiger partial charge in [0.05, 0.1) is 6.54 Å². The Morgan fingerprint density at radius 1 is 1.70 bits per heavy atom. The van der Waals surface area contributed by atoms with Crippen molar-refractivity contribution in [3.63, 3.8) is 0 Å². The molecule has 0 fully saturated rings. The van der Waals surface area contributed by atoms with Gasteiger partial charge in [0.15, 0.2) is 0 Å². The summed E-state index contributed by atoms with van der Waals surface area (Å²) in [6, 6.07) is 0. The van der Waals surface area contributed by atoms with Gasteiger partial charge in [-0.3, -0.25) is 10.0 Å². The second kappa shape index (κ2) is 5.20. The topological polar surface area (TPSA) is 66.6 Å². The molecule has 3 N–H and O–H groups in total. The highest BCUT2D eigenvalue weighted by atomic mass is 16.5. The zero-order chi connectivity index (χ0) is 7.98. The van der Waals surface area contributed by atoms with Crippen LogP contribution < -0.4 is 5.73 Å². The third-order valence-electron chi connectivity index (χ3n) is 1.09. The molecule has 0 aliphatic rings. The minimum Gasteiger partial charge on any atom is -0.329 e. The van der Waals surface area contributed by atoms with Crippen molar-refractivity contribution in [2.75, 3.05) is 13.1 Å². The fraction of sp³-hybridized carbons (Fsp3) is 0.833. The van der Waals surface area contributed by atoms with E-state index in [4.69, 9.17) is 10.9 Å². The van der Waals surface area contributed by atoms with Crippen LogP contribution in [0.1, 0.15) is 19.8 Å². The number of nitrogens with two attached hydrogens (primary N) is 1. The highest BCUT2D eigenvalue weighted by Crippen LogP contribution is 1.92. The van der Waals surface area contributed by atoms with Gasteiger partial charge in [-0.2, -0.15) is 0 Å². The molecular weight excluding hydrogens is 132 g/mol. The van der Waals surface area contributed by atoms with Crippen molar-refractivity contribution >= 4 is 5.91 Å². The van der Waals surface area contributed by atoms with Gasteiger partial charge in [-0.1, -0.05) is 6.92 Å². The van der Waals surface area contributed by atoms with Gasteiger partial charge in [0, 0.05) is 13.0 Å². The van der Waals surface area contributed by atoms with Crippen molar-refractivity contribution in [2.24, 2.45) is 5.73 Å². The standard InChI is InChI=1S/C6H14N2O2/c1-2-3-6(9)8(10)5-4-7/h10H,2-5,7H2,1H3. The molecule has 0 aromatic rings. The molecule has 0 radical (unpaired) electrons. The lowest BCUT2D eigenvalue weighted by atomic mass is 10.3. The summed E-state index contributed by atoms with van der Waals surface area (Å²) in [5, 5.41) is 9.52. The van der Waals surface area contributed by atoms with Crippen molar-refractivity contribution in [3.8, 4) is 0 Å². The minimum atomic E-state index is -0.257. The molecular formula is C6H14N2O2. The Bertz CT molecular complexity index is 106. The summed E-state index contributed by atoms with van der Waals surface area (Å²) in [6.07, 6.45) is 1.14. The van der Waals surface area contributed by atoms with E-state index in [2.05, 4.69) is 0 Å². The third kappa shape index (κ3) is 3.42. The van der Waals surface area contributed by atoms with Crippen LogP contribution in [0.15, 0.2) is 0 Å². The molecule has 0 spiro atoms. The number of carbonyl (C=O) groups excluding carboxylic acids is 1. The molecule has 0 aromatic heterocycles. The summed E-state index contributed by atoms with van der Waals surface area (Å²) >= 11 is 0. The molecule has 0 aromatic carbocycles. The van der Waals surface area contributed by atoms with E-state index in [9.17, 15) is 4.79 Å². The first kappa shape index (κ1) is 9.39. The number of hydrogen-bond donors (Lipinski definition) is 2. The Labute approximate surface area is 60.6 Å². The number of hydrogen-bond acceptors (Lipinski definition) is 3. The summed E-state index contributed by atoms with van der Waals surface area (Å²) in [5.41, 5.74) is 5.11. The molecule has 0 saturated heterocycles. The molecule has 4 heteroatoms. The van der Waals surface area contributed by atoms with Crippen molar-refractivity contribution in [3.05, 3.63) is 0 Å². The van der Waals surface area contributed by atoms with Gasteiger partial charge in [0.2, 0.25) is 5.91 Å². The zero-order valence-electron chi connectivity index (χ0n) is 6.21. The second-order valence-corrected chi connectivity index (χ2v) is 2.06. The highest BCUT2D eigenvalue weighted by molar-refractivity contribution is 5.74. The predicted octanol–water partition coefficient (Wildman–Crippen LogP) is -0.0370. The van der Waals surface area contributed by atoms with E-state index in [0.29, 0.717) is 18.0 Å². The average Bonchev–Trinajstić information content (AvgIpc) is 1.89. The second-order valence-electron chi connectivity index (χ2n) is 2.06. The summed E-state index contributed by atoms with van der Waals surface area (Å²) in [7, 11) is 0. The Balaban J connectivity index is 3.49. The average molecular weight is 146 g/mol. The first-order valence-corrected chi connectivity index (χ1v) is 3.41. The maximum Gasteiger partial charge on any atom is 0.245 e. The van der Waals surface area contributed by atoms with Crippen LogP contribution in [0.2, 0.25) is 0 Å². The van der Waals surface area contributed by atoms with Gasteiger partial charge < -0.3 is 5.73 Å². The Hall–Kier alpha value is -0.610. The van der Waals surface area contributed by atoms with E-state index in [1.807, 2.05) is 6.92 Å². The fourth-order valence-corrected chi connectivity index (χ4v) is 0.590. The number of amides is 1. The van der Waals surface area contributed by atoms with E-state index in [-0.39, 0.29) is 12.5 Å². The Kier molecular flexibility index (Phi) is 4.88. The van der Waals surface area contributed by atoms with E-state index in [1.165, 1.54) is 0 Å². The summed E-state index contributed by atoms with van der Waals surface area (Å²) in [4.78, 5) is 10.8. The van der Waals surface area contributed by atoms with E-state index < -0.39 is 0 Å². The molecule has 0 atom stereocenters. The summed E-state index contributed by atoms with van der Waals surface area (Å²) in [5.74, 6) is -0.257. The molecule has 0 unspecified atom stereocenters. The van der Waals surface area contributed by atoms with Gasteiger partial charge in [0.25, 0.3) is 0 Å². The molecule has 10 heavy (non-hydrogen) atoms. The minimum absolute atomic E-state index is 0.221. The van der Waals surface area contributed by atoms with Gasteiger partial charge in [-0.25, -0.2) is 5.06 Å². The smallest absolute Gasteiger partial charge is 0.245 e. The first-order chi connectivity index (χ1) is 4.72. The summed E-state index contributed by atoms with van der Waals surface area (Å²) in [6.45, 7) is 2.40. The molecule has 60 valence electrons. The number of rotatable bonds is 4. The van der Waals surface area contributed by atoms with Crippen molar-refractivity contribution in [1.82, 2.24) is 5.06 Å². The van der Waals surface area contributed by atoms with Gasteiger partial charge in [-0.15, -0.1) is 0 Å². The highest BCUT2D eigenvalue weighted by Gasteiger charge is 2.06. The van der Waals surface area contributed by atoms with Crippen molar-refractivity contribution < 1.29 is 10.0 Å². The van der Waals surface area contributed by atoms with Crippen LogP contribution in [0.5, 0.6) is 0 Å². The molecule has 1 amide bonds. The molecule has 0 bridgehead atoms. The Morgan fingerprint density at radius 3 is 2.70 bits per heavy atom. The number of hydroxylamine groups is 2. The molecule has 0 aliphatic heterocycles. The van der Waals surface area contributed by atoms with Crippen LogP contribution in [0, 0.1) is 0 Å². The van der Waals surface area contributed by atoms with Gasteiger partial charge in [-0.05, 0) is 6.42 Å². The fourth-order valence-electron chi connectivity index (χ4n) is 0.590. The van der Waals surface area contributed by atoms with E-state index in [0.717, 1.165) is 6.42 Å². The zero-order valence-corrected chi connectivity index (χ0v) is 6.21. The van der Waals surface area contributed by atoms with Crippen LogP contribution in [-0.4, -0.2) is 29.3 Å². The summed E-state index contributed by atoms with van der Waals surface area (Å²) < 4.78 is 0. The predicted molar refractivity (Wildman–Crippen MR) is 37.5 cm³/mol. The molecule has 0 heterocycles. The van der Waals surface area contributed by atoms with E-state index in [1.54, 1.807) is 0 Å². The van der Waals surface area contributed by atoms with Crippen LogP contribution in [0.4, 0.5) is 0 Å². The largest absolute Gasteiger partial charge is 0.329 e. The molecule has 0 rings (SSSR count). The van der Waals surface area contributed by atoms with Crippen molar-refractivity contribution in [2.45, 2.75) is 19.8 Å². The van der Waals surface area contributed by atoms with Crippen LogP contribution in [0.25, 0.3) is 0 Å². The molecule has 4 nitrogen and oxygen atoms in total. The Morgan fingerprint density at radius 2 is 2.30 bits per heavy atom. The monoisotopic (exact) mass is 146 g/mol. The number of nitrogens with zero attached hydrogens (tertiary/aromatic N) is 1. The lowest BCUT2D eigenvalue weighted by molar-refractivity contribution is -0.164.